The van der Waals surface area contributed by atoms with Crippen LogP contribution in [0.4, 0.5) is 0 Å². The highest BCUT2D eigenvalue weighted by Gasteiger charge is 2.20. The maximum atomic E-state index is 5.80. The first-order chi connectivity index (χ1) is 4.34. The van der Waals surface area contributed by atoms with Crippen molar-refractivity contribution < 1.29 is 0 Å². The van der Waals surface area contributed by atoms with Crippen LogP contribution in [0.2, 0.25) is 0 Å². The van der Waals surface area contributed by atoms with Crippen LogP contribution in [0.25, 0.3) is 0 Å². The molecule has 1 aliphatic rings. The first-order valence-electron chi connectivity index (χ1n) is 2.98. The minimum atomic E-state index is 0.251. The van der Waals surface area contributed by atoms with E-state index in [1.807, 2.05) is 17.8 Å². The van der Waals surface area contributed by atoms with Gasteiger partial charge in [-0.05, 0) is 0 Å². The zero-order chi connectivity index (χ0) is 6.69. The summed E-state index contributed by atoms with van der Waals surface area (Å²) in [7, 11) is 0. The van der Waals surface area contributed by atoms with Gasteiger partial charge in [-0.3, -0.25) is 0 Å². The zero-order valence-corrected chi connectivity index (χ0v) is 6.66. The lowest BCUT2D eigenvalue weighted by Gasteiger charge is -2.22. The summed E-state index contributed by atoms with van der Waals surface area (Å²) in [5.74, 6) is 1.01. The smallest absolute Gasteiger partial charge is 0.0670 e. The number of allylic oxidation sites excluding steroid dienone is 1. The normalized spacial score (nSPS) is 32.2. The van der Waals surface area contributed by atoms with E-state index in [1.54, 1.807) is 0 Å². The average molecular weight is 164 g/mol. The largest absolute Gasteiger partial charge is 0.330 e. The molecule has 3 heteroatoms. The van der Waals surface area contributed by atoms with Gasteiger partial charge in [0.15, 0.2) is 0 Å². The van der Waals surface area contributed by atoms with E-state index >= 15 is 0 Å². The van der Waals surface area contributed by atoms with Crippen LogP contribution in [-0.4, -0.2) is 22.9 Å². The molecule has 0 heterocycles. The highest BCUT2D eigenvalue weighted by atomic mass is 35.5. The van der Waals surface area contributed by atoms with Gasteiger partial charge in [0.2, 0.25) is 0 Å². The number of alkyl halides is 1. The molecule has 1 rings (SSSR count). The highest BCUT2D eigenvalue weighted by molar-refractivity contribution is 8.00. The SMILES string of the molecule is NCCSC1C=CC1Cl. The lowest BCUT2D eigenvalue weighted by Crippen LogP contribution is -2.22. The maximum absolute atomic E-state index is 5.80. The molecule has 0 fully saturated rings. The molecule has 1 aliphatic carbocycles. The van der Waals surface area contributed by atoms with Gasteiger partial charge in [-0.25, -0.2) is 0 Å². The minimum absolute atomic E-state index is 0.251. The third-order valence-electron chi connectivity index (χ3n) is 1.23. The van der Waals surface area contributed by atoms with Crippen LogP contribution < -0.4 is 5.73 Å². The first kappa shape index (κ1) is 7.45. The van der Waals surface area contributed by atoms with E-state index in [0.717, 1.165) is 12.3 Å². The fourth-order valence-electron chi connectivity index (χ4n) is 0.637. The van der Waals surface area contributed by atoms with Crippen molar-refractivity contribution in [1.82, 2.24) is 0 Å². The molecule has 0 spiro atoms. The summed E-state index contributed by atoms with van der Waals surface area (Å²) < 4.78 is 0. The van der Waals surface area contributed by atoms with Crippen molar-refractivity contribution >= 4 is 23.4 Å². The van der Waals surface area contributed by atoms with Crippen molar-refractivity contribution in [2.24, 2.45) is 5.73 Å². The van der Waals surface area contributed by atoms with Crippen LogP contribution in [0.3, 0.4) is 0 Å². The molecule has 0 aliphatic heterocycles. The second-order valence-corrected chi connectivity index (χ2v) is 3.74. The van der Waals surface area contributed by atoms with E-state index in [9.17, 15) is 0 Å². The van der Waals surface area contributed by atoms with E-state index in [-0.39, 0.29) is 5.38 Å². The Hall–Kier alpha value is 0.340. The van der Waals surface area contributed by atoms with Gasteiger partial charge in [0, 0.05) is 17.5 Å². The molecule has 9 heavy (non-hydrogen) atoms. The molecule has 52 valence electrons. The van der Waals surface area contributed by atoms with Crippen LogP contribution in [0.5, 0.6) is 0 Å². The van der Waals surface area contributed by atoms with Gasteiger partial charge in [-0.1, -0.05) is 12.2 Å². The number of rotatable bonds is 3. The fourth-order valence-corrected chi connectivity index (χ4v) is 1.91. The maximum Gasteiger partial charge on any atom is 0.0670 e. The molecule has 0 aromatic carbocycles. The monoisotopic (exact) mass is 163 g/mol. The second kappa shape index (κ2) is 3.49. The molecule has 2 N–H and O–H groups in total. The molecule has 2 atom stereocenters. The molecule has 1 nitrogen and oxygen atoms in total. The fraction of sp³-hybridized carbons (Fsp3) is 0.667. The van der Waals surface area contributed by atoms with E-state index in [1.165, 1.54) is 0 Å². The van der Waals surface area contributed by atoms with Crippen LogP contribution in [0, 0.1) is 0 Å². The van der Waals surface area contributed by atoms with Crippen LogP contribution >= 0.6 is 23.4 Å². The Balaban J connectivity index is 2.08. The Labute approximate surface area is 64.6 Å². The van der Waals surface area contributed by atoms with Crippen LogP contribution in [-0.2, 0) is 0 Å². The van der Waals surface area contributed by atoms with Gasteiger partial charge < -0.3 is 5.73 Å². The second-order valence-electron chi connectivity index (χ2n) is 1.95. The van der Waals surface area contributed by atoms with Crippen LogP contribution in [0.15, 0.2) is 12.2 Å². The zero-order valence-electron chi connectivity index (χ0n) is 5.09. The van der Waals surface area contributed by atoms with Gasteiger partial charge in [0.1, 0.15) is 0 Å². The first-order valence-corrected chi connectivity index (χ1v) is 4.47. The lowest BCUT2D eigenvalue weighted by atomic mass is 10.1. The Morgan fingerprint density at radius 3 is 2.67 bits per heavy atom. The molecule has 0 aromatic heterocycles. The summed E-state index contributed by atoms with van der Waals surface area (Å²) in [5, 5.41) is 0.775. The van der Waals surface area contributed by atoms with Crippen molar-refractivity contribution in [1.29, 1.82) is 0 Å². The van der Waals surface area contributed by atoms with Gasteiger partial charge in [0.25, 0.3) is 0 Å². The van der Waals surface area contributed by atoms with Crippen molar-refractivity contribution in [3.8, 4) is 0 Å². The molecule has 0 radical (unpaired) electrons. The topological polar surface area (TPSA) is 26.0 Å². The van der Waals surface area contributed by atoms with Crippen molar-refractivity contribution in [2.75, 3.05) is 12.3 Å². The summed E-state index contributed by atoms with van der Waals surface area (Å²) in [6.45, 7) is 0.749. The molecule has 0 saturated carbocycles. The van der Waals surface area contributed by atoms with Crippen LogP contribution in [0.1, 0.15) is 0 Å². The summed E-state index contributed by atoms with van der Waals surface area (Å²) in [6.07, 6.45) is 4.13. The molecular formula is C6H10ClNS. The number of nitrogens with two attached hydrogens (primary N) is 1. The molecule has 0 saturated heterocycles. The molecular weight excluding hydrogens is 154 g/mol. The third-order valence-corrected chi connectivity index (χ3v) is 3.10. The standard InChI is InChI=1S/C6H10ClNS/c7-5-1-2-6(5)9-4-3-8/h1-2,5-6H,3-4,8H2. The highest BCUT2D eigenvalue weighted by Crippen LogP contribution is 2.28. The molecule has 2 unspecified atom stereocenters. The van der Waals surface area contributed by atoms with E-state index in [4.69, 9.17) is 17.3 Å². The van der Waals surface area contributed by atoms with E-state index < -0.39 is 0 Å². The van der Waals surface area contributed by atoms with Crippen molar-refractivity contribution in [2.45, 2.75) is 10.6 Å². The summed E-state index contributed by atoms with van der Waals surface area (Å²) >= 11 is 7.63. The Morgan fingerprint density at radius 2 is 2.33 bits per heavy atom. The molecule has 0 aromatic rings. The Kier molecular flexibility index (Phi) is 2.89. The van der Waals surface area contributed by atoms with Crippen molar-refractivity contribution in [3.63, 3.8) is 0 Å². The quantitative estimate of drug-likeness (QED) is 0.500. The minimum Gasteiger partial charge on any atom is -0.330 e. The lowest BCUT2D eigenvalue weighted by molar-refractivity contribution is 0.986. The third kappa shape index (κ3) is 1.88. The van der Waals surface area contributed by atoms with Gasteiger partial charge >= 0.3 is 0 Å². The van der Waals surface area contributed by atoms with Gasteiger partial charge in [-0.2, -0.15) is 11.8 Å². The summed E-state index contributed by atoms with van der Waals surface area (Å²) in [5.41, 5.74) is 5.31. The summed E-state index contributed by atoms with van der Waals surface area (Å²) in [6, 6.07) is 0. The number of hydrogen-bond donors (Lipinski definition) is 1. The molecule has 0 amide bonds. The van der Waals surface area contributed by atoms with E-state index in [2.05, 4.69) is 6.08 Å². The average Bonchev–Trinajstić information content (AvgIpc) is 1.86. The predicted molar refractivity (Wildman–Crippen MR) is 44.1 cm³/mol. The van der Waals surface area contributed by atoms with E-state index in [0.29, 0.717) is 5.25 Å². The van der Waals surface area contributed by atoms with Crippen molar-refractivity contribution in [3.05, 3.63) is 12.2 Å². The summed E-state index contributed by atoms with van der Waals surface area (Å²) in [4.78, 5) is 0. The molecule has 0 bridgehead atoms. The predicted octanol–water partition coefficient (Wildman–Crippen LogP) is 1.22. The Bertz CT molecular complexity index is 116. The Morgan fingerprint density at radius 1 is 1.56 bits per heavy atom. The van der Waals surface area contributed by atoms with Gasteiger partial charge in [-0.15, -0.1) is 11.6 Å². The number of hydrogen-bond acceptors (Lipinski definition) is 2. The van der Waals surface area contributed by atoms with Gasteiger partial charge in [0.05, 0.1) is 5.38 Å². The number of halogens is 1. The number of thioether (sulfide) groups is 1.